The molecular formula is C33H41FN5O9P. The van der Waals surface area contributed by atoms with Crippen LogP contribution >= 0.6 is 7.75 Å². The van der Waals surface area contributed by atoms with E-state index in [1.807, 2.05) is 6.07 Å². The van der Waals surface area contributed by atoms with E-state index in [1.54, 1.807) is 69.6 Å². The van der Waals surface area contributed by atoms with Gasteiger partial charge in [0, 0.05) is 49.8 Å². The minimum Gasteiger partial charge on any atom is -0.462 e. The second-order valence-corrected chi connectivity index (χ2v) is 13.9. The second kappa shape index (κ2) is 14.5. The van der Waals surface area contributed by atoms with Crippen LogP contribution in [0.3, 0.4) is 0 Å². The third-order valence-electron chi connectivity index (χ3n) is 8.26. The van der Waals surface area contributed by atoms with Crippen molar-refractivity contribution in [1.29, 1.82) is 0 Å². The Morgan fingerprint density at radius 3 is 2.59 bits per heavy atom. The van der Waals surface area contributed by atoms with Crippen molar-refractivity contribution in [3.05, 3.63) is 67.1 Å². The summed E-state index contributed by atoms with van der Waals surface area (Å²) in [7, 11) is -3.22. The maximum absolute atomic E-state index is 16.2. The van der Waals surface area contributed by atoms with Crippen LogP contribution in [0.2, 0.25) is 0 Å². The van der Waals surface area contributed by atoms with Crippen LogP contribution in [0.4, 0.5) is 4.39 Å². The van der Waals surface area contributed by atoms with E-state index >= 15 is 4.39 Å². The Morgan fingerprint density at radius 2 is 1.88 bits per heavy atom. The Labute approximate surface area is 283 Å². The predicted octanol–water partition coefficient (Wildman–Crippen LogP) is 4.20. The lowest BCUT2D eigenvalue weighted by Gasteiger charge is -2.46. The van der Waals surface area contributed by atoms with Crippen molar-refractivity contribution in [3.63, 3.8) is 0 Å². The number of esters is 1. The van der Waals surface area contributed by atoms with E-state index in [0.29, 0.717) is 22.2 Å². The maximum Gasteiger partial charge on any atom is 0.459 e. The highest BCUT2D eigenvalue weighted by atomic mass is 31.2. The van der Waals surface area contributed by atoms with Crippen molar-refractivity contribution < 1.29 is 46.9 Å². The zero-order valence-electron chi connectivity index (χ0n) is 28.0. The Hall–Kier alpha value is -3.98. The van der Waals surface area contributed by atoms with E-state index in [4.69, 9.17) is 23.3 Å². The van der Waals surface area contributed by atoms with Crippen LogP contribution in [0.5, 0.6) is 5.75 Å². The molecule has 7 atom stereocenters. The first kappa shape index (κ1) is 36.3. The van der Waals surface area contributed by atoms with E-state index in [2.05, 4.69) is 20.4 Å². The lowest BCUT2D eigenvalue weighted by atomic mass is 9.97. The van der Waals surface area contributed by atoms with Crippen molar-refractivity contribution in [1.82, 2.24) is 25.3 Å². The molecule has 1 aromatic heterocycles. The van der Waals surface area contributed by atoms with Gasteiger partial charge in [0.2, 0.25) is 11.8 Å². The van der Waals surface area contributed by atoms with Crippen LogP contribution in [-0.4, -0.2) is 87.7 Å². The van der Waals surface area contributed by atoms with Crippen LogP contribution in [0.1, 0.15) is 41.0 Å². The predicted molar refractivity (Wildman–Crippen MR) is 176 cm³/mol. The summed E-state index contributed by atoms with van der Waals surface area (Å²) in [6.07, 6.45) is 0.664. The summed E-state index contributed by atoms with van der Waals surface area (Å²) in [5.74, 6) is -2.55. The minimum absolute atomic E-state index is 0.120. The quantitative estimate of drug-likeness (QED) is 0.171. The molecule has 0 radical (unpaired) electrons. The largest absolute Gasteiger partial charge is 0.462 e. The maximum atomic E-state index is 16.2. The van der Waals surface area contributed by atoms with Gasteiger partial charge in [0.1, 0.15) is 24.0 Å². The molecule has 1 saturated heterocycles. The zero-order valence-corrected chi connectivity index (χ0v) is 28.9. The summed E-state index contributed by atoms with van der Waals surface area (Å²) in [6.45, 7) is 7.05. The minimum atomic E-state index is -4.54. The number of carbonyl (C=O) groups excluding carboxylic acids is 2. The highest BCUT2D eigenvalue weighted by Crippen LogP contribution is 2.50. The number of methoxy groups -OCH3 is 1. The summed E-state index contributed by atoms with van der Waals surface area (Å²) in [6, 6.07) is 11.0. The molecule has 16 heteroatoms. The summed E-state index contributed by atoms with van der Waals surface area (Å²) < 4.78 is 59.7. The number of amides is 1. The van der Waals surface area contributed by atoms with Gasteiger partial charge in [-0.25, -0.2) is 8.96 Å². The number of hydrogen-bond acceptors (Lipinski definition) is 12. The first-order valence-electron chi connectivity index (χ1n) is 15.8. The fourth-order valence-corrected chi connectivity index (χ4v) is 7.23. The molecule has 2 aliphatic heterocycles. The van der Waals surface area contributed by atoms with Gasteiger partial charge in [-0.15, -0.1) is 0 Å². The molecule has 5 rings (SSSR count). The van der Waals surface area contributed by atoms with Crippen molar-refractivity contribution in [2.75, 3.05) is 13.7 Å². The molecule has 2 aromatic carbocycles. The number of alkyl halides is 1. The SMILES string of the molecule is CC[C@H](NP(=O)(OC[C@H]1O[C@@H](N2C=CC(=O)NC2(C)OC)[C@](C)(F)[C@@H]1O)Oc1ccccc1-c1cccc2nccnc12)C(=O)OC(C)C. The molecule has 0 saturated carbocycles. The van der Waals surface area contributed by atoms with E-state index in [1.165, 1.54) is 31.2 Å². The smallest absolute Gasteiger partial charge is 0.459 e. The van der Waals surface area contributed by atoms with E-state index in [0.717, 1.165) is 6.92 Å². The number of hydrogen-bond donors (Lipinski definition) is 3. The van der Waals surface area contributed by atoms with Crippen LogP contribution < -0.4 is 14.9 Å². The average molecular weight is 702 g/mol. The van der Waals surface area contributed by atoms with Gasteiger partial charge in [-0.1, -0.05) is 37.3 Å². The second-order valence-electron chi connectivity index (χ2n) is 12.2. The Kier molecular flexibility index (Phi) is 10.7. The number of halogens is 1. The number of para-hydroxylation sites is 2. The number of fused-ring (bicyclic) bond motifs is 1. The number of aromatic nitrogens is 2. The summed E-state index contributed by atoms with van der Waals surface area (Å²) in [5, 5.41) is 16.4. The standard InChI is InChI=1S/C33H41FN5O9P/c1-7-23(30(42)46-20(2)3)38-49(43,48-25-14-9-8-11-21(25)22-12-10-13-24-28(22)36-17-16-35-24)45-19-26-29(41)32(4,34)31(47-26)39-18-15-27(40)37-33(39,5)44-6/h8-18,20,23,26,29,31,41H,7,19H2,1-6H3,(H,37,40)(H,38,43)/t23-,26+,29+,31+,32+,33?,49?/m0/s1. The van der Waals surface area contributed by atoms with Crippen LogP contribution in [-0.2, 0) is 32.9 Å². The van der Waals surface area contributed by atoms with Crippen molar-refractivity contribution >= 4 is 30.7 Å². The Bertz CT molecular complexity index is 1750. The molecule has 0 bridgehead atoms. The average Bonchev–Trinajstić information content (AvgIpc) is 3.29. The van der Waals surface area contributed by atoms with Gasteiger partial charge in [-0.3, -0.25) is 24.1 Å². The molecule has 49 heavy (non-hydrogen) atoms. The Morgan fingerprint density at radius 1 is 1.16 bits per heavy atom. The van der Waals surface area contributed by atoms with Crippen LogP contribution in [0.15, 0.2) is 67.1 Å². The number of ether oxygens (including phenoxy) is 3. The van der Waals surface area contributed by atoms with Crippen molar-refractivity contribution in [2.24, 2.45) is 0 Å². The van der Waals surface area contributed by atoms with Crippen molar-refractivity contribution in [3.8, 4) is 16.9 Å². The van der Waals surface area contributed by atoms with Crippen molar-refractivity contribution in [2.45, 2.75) is 83.1 Å². The van der Waals surface area contributed by atoms with Gasteiger partial charge in [0.15, 0.2) is 11.9 Å². The fraction of sp³-hybridized carbons (Fsp3) is 0.455. The van der Waals surface area contributed by atoms with E-state index < -0.39 is 68.3 Å². The summed E-state index contributed by atoms with van der Waals surface area (Å²) in [5.41, 5.74) is -0.0962. The van der Waals surface area contributed by atoms with Gasteiger partial charge in [0.05, 0.1) is 23.7 Å². The van der Waals surface area contributed by atoms with Crippen LogP contribution in [0, 0.1) is 0 Å². The summed E-state index contributed by atoms with van der Waals surface area (Å²) in [4.78, 5) is 35.1. The normalized spacial score (nSPS) is 27.2. The van der Waals surface area contributed by atoms with Gasteiger partial charge in [-0.2, -0.15) is 5.09 Å². The highest BCUT2D eigenvalue weighted by Gasteiger charge is 2.59. The number of carbonyl (C=O) groups is 2. The number of benzene rings is 2. The van der Waals surface area contributed by atoms with Gasteiger partial charge in [-0.05, 0) is 39.3 Å². The molecule has 1 fully saturated rings. The fourth-order valence-electron chi connectivity index (χ4n) is 5.62. The number of rotatable bonds is 13. The van der Waals surface area contributed by atoms with Gasteiger partial charge in [0.25, 0.3) is 0 Å². The molecule has 2 aliphatic rings. The summed E-state index contributed by atoms with van der Waals surface area (Å²) >= 11 is 0. The molecule has 14 nitrogen and oxygen atoms in total. The molecule has 3 heterocycles. The third-order valence-corrected chi connectivity index (χ3v) is 9.82. The Balaban J connectivity index is 1.46. The third kappa shape index (κ3) is 7.62. The molecule has 3 aromatic rings. The molecule has 264 valence electrons. The molecule has 0 spiro atoms. The molecule has 2 unspecified atom stereocenters. The number of nitrogens with zero attached hydrogens (tertiary/aromatic N) is 3. The molecular weight excluding hydrogens is 660 g/mol. The molecule has 0 aliphatic carbocycles. The van der Waals surface area contributed by atoms with Crippen LogP contribution in [0.25, 0.3) is 22.2 Å². The van der Waals surface area contributed by atoms with E-state index in [-0.39, 0.29) is 12.2 Å². The lowest BCUT2D eigenvalue weighted by Crippen LogP contribution is -2.66. The van der Waals surface area contributed by atoms with E-state index in [9.17, 15) is 19.3 Å². The topological polar surface area (TPSA) is 171 Å². The molecule has 1 amide bonds. The lowest BCUT2D eigenvalue weighted by molar-refractivity contribution is -0.213. The highest BCUT2D eigenvalue weighted by molar-refractivity contribution is 7.52. The monoisotopic (exact) mass is 701 g/mol. The number of nitrogens with one attached hydrogen (secondary N) is 2. The van der Waals surface area contributed by atoms with Gasteiger partial charge < -0.3 is 34.1 Å². The van der Waals surface area contributed by atoms with Gasteiger partial charge >= 0.3 is 13.7 Å². The number of aliphatic hydroxyl groups is 1. The first-order valence-corrected chi connectivity index (χ1v) is 17.3. The molecule has 3 N–H and O–H groups in total. The zero-order chi connectivity index (χ0) is 35.6. The first-order chi connectivity index (χ1) is 23.2. The number of aliphatic hydroxyl groups excluding tert-OH is 1.